The van der Waals surface area contributed by atoms with Gasteiger partial charge in [-0.25, -0.2) is 0 Å². The maximum absolute atomic E-state index is 13.0. The predicted molar refractivity (Wildman–Crippen MR) is 103 cm³/mol. The lowest BCUT2D eigenvalue weighted by molar-refractivity contribution is 0.102. The third kappa shape index (κ3) is 3.64. The van der Waals surface area contributed by atoms with E-state index in [1.54, 1.807) is 12.2 Å². The van der Waals surface area contributed by atoms with Crippen LogP contribution in [0.25, 0.3) is 12.2 Å². The van der Waals surface area contributed by atoms with Gasteiger partial charge in [0.05, 0.1) is 12.2 Å². The molecule has 1 N–H and O–H groups in total. The Bertz CT molecular complexity index is 877. The fourth-order valence-electron chi connectivity index (χ4n) is 2.81. The van der Waals surface area contributed by atoms with Crippen LogP contribution < -0.4 is 9.47 Å². The molecule has 3 rings (SSSR count). The van der Waals surface area contributed by atoms with E-state index in [0.29, 0.717) is 29.2 Å². The Kier molecular flexibility index (Phi) is 4.85. The number of ketones is 1. The molecule has 4 nitrogen and oxygen atoms in total. The quantitative estimate of drug-likeness (QED) is 0.617. The van der Waals surface area contributed by atoms with Crippen LogP contribution in [-0.2, 0) is 0 Å². The summed E-state index contributed by atoms with van der Waals surface area (Å²) < 4.78 is 11.6. The number of carbonyl (C=O) groups excluding carboxylic acids is 1. The molecule has 0 amide bonds. The zero-order valence-electron chi connectivity index (χ0n) is 15.2. The van der Waals surface area contributed by atoms with Crippen molar-refractivity contribution in [1.29, 1.82) is 0 Å². The number of allylic oxidation sites excluding steroid dienone is 1. The van der Waals surface area contributed by atoms with Crippen molar-refractivity contribution in [3.63, 3.8) is 0 Å². The number of phenols is 1. The first kappa shape index (κ1) is 17.8. The SMILES string of the molecule is CCOc1cc(O)c2c(c1C(=O)/C=C/c1ccccc1)OC(C)(C)C=C2. The highest BCUT2D eigenvalue weighted by molar-refractivity contribution is 6.11. The van der Waals surface area contributed by atoms with Crippen LogP contribution in [0.5, 0.6) is 17.2 Å². The molecule has 0 unspecified atom stereocenters. The number of fused-ring (bicyclic) bond motifs is 1. The van der Waals surface area contributed by atoms with Crippen molar-refractivity contribution in [1.82, 2.24) is 0 Å². The number of phenolic OH excluding ortho intramolecular Hbond substituents is 1. The minimum atomic E-state index is -0.581. The minimum absolute atomic E-state index is 0.0267. The number of benzene rings is 2. The van der Waals surface area contributed by atoms with Crippen molar-refractivity contribution in [2.24, 2.45) is 0 Å². The van der Waals surface area contributed by atoms with Gasteiger partial charge in [0.15, 0.2) is 5.78 Å². The van der Waals surface area contributed by atoms with Crippen molar-refractivity contribution in [3.8, 4) is 17.2 Å². The van der Waals surface area contributed by atoms with E-state index in [-0.39, 0.29) is 11.5 Å². The molecule has 0 saturated heterocycles. The summed E-state index contributed by atoms with van der Waals surface area (Å²) in [7, 11) is 0. The topological polar surface area (TPSA) is 55.8 Å². The van der Waals surface area contributed by atoms with Crippen LogP contribution in [0.15, 0.2) is 48.6 Å². The Labute approximate surface area is 153 Å². The average molecular weight is 350 g/mol. The second kappa shape index (κ2) is 7.08. The molecule has 4 heteroatoms. The molecule has 0 aliphatic carbocycles. The lowest BCUT2D eigenvalue weighted by atomic mass is 9.96. The van der Waals surface area contributed by atoms with Gasteiger partial charge in [0.1, 0.15) is 28.4 Å². The van der Waals surface area contributed by atoms with Gasteiger partial charge in [0.25, 0.3) is 0 Å². The van der Waals surface area contributed by atoms with E-state index in [1.165, 1.54) is 12.1 Å². The first-order valence-corrected chi connectivity index (χ1v) is 8.60. The van der Waals surface area contributed by atoms with Gasteiger partial charge in [0, 0.05) is 6.07 Å². The minimum Gasteiger partial charge on any atom is -0.507 e. The lowest BCUT2D eigenvalue weighted by Gasteiger charge is -2.30. The highest BCUT2D eigenvalue weighted by atomic mass is 16.5. The van der Waals surface area contributed by atoms with E-state index >= 15 is 0 Å². The van der Waals surface area contributed by atoms with Gasteiger partial charge in [-0.1, -0.05) is 36.4 Å². The number of rotatable bonds is 5. The lowest BCUT2D eigenvalue weighted by Crippen LogP contribution is -2.28. The molecule has 2 aromatic rings. The largest absolute Gasteiger partial charge is 0.507 e. The molecule has 0 bridgehead atoms. The van der Waals surface area contributed by atoms with Gasteiger partial charge >= 0.3 is 0 Å². The van der Waals surface area contributed by atoms with E-state index < -0.39 is 5.60 Å². The Hall–Kier alpha value is -3.01. The summed E-state index contributed by atoms with van der Waals surface area (Å²) in [5, 5.41) is 10.3. The molecule has 0 atom stereocenters. The Balaban J connectivity index is 2.08. The smallest absolute Gasteiger partial charge is 0.193 e. The van der Waals surface area contributed by atoms with Gasteiger partial charge in [-0.3, -0.25) is 4.79 Å². The molecule has 0 fully saturated rings. The molecule has 1 heterocycles. The molecule has 0 saturated carbocycles. The van der Waals surface area contributed by atoms with E-state index in [4.69, 9.17) is 9.47 Å². The molecule has 1 aliphatic rings. The predicted octanol–water partition coefficient (Wildman–Crippen LogP) is 4.87. The van der Waals surface area contributed by atoms with E-state index in [0.717, 1.165) is 5.56 Å². The highest BCUT2D eigenvalue weighted by Gasteiger charge is 2.30. The molecule has 1 aliphatic heterocycles. The van der Waals surface area contributed by atoms with Gasteiger partial charge < -0.3 is 14.6 Å². The Morgan fingerprint density at radius 3 is 2.69 bits per heavy atom. The number of carbonyl (C=O) groups is 1. The summed E-state index contributed by atoms with van der Waals surface area (Å²) in [6.45, 7) is 5.99. The highest BCUT2D eigenvalue weighted by Crippen LogP contribution is 2.44. The zero-order valence-corrected chi connectivity index (χ0v) is 15.2. The van der Waals surface area contributed by atoms with Crippen LogP contribution in [0.1, 0.15) is 42.3 Å². The normalized spacial score (nSPS) is 14.7. The fourth-order valence-corrected chi connectivity index (χ4v) is 2.81. The fraction of sp³-hybridized carbons (Fsp3) is 0.227. The second-order valence-corrected chi connectivity index (χ2v) is 6.59. The van der Waals surface area contributed by atoms with E-state index in [2.05, 4.69) is 0 Å². The molecule has 0 aromatic heterocycles. The maximum atomic E-state index is 13.0. The Morgan fingerprint density at radius 2 is 2.00 bits per heavy atom. The van der Waals surface area contributed by atoms with Crippen molar-refractivity contribution in [2.45, 2.75) is 26.4 Å². The zero-order chi connectivity index (χ0) is 18.7. The first-order valence-electron chi connectivity index (χ1n) is 8.60. The van der Waals surface area contributed by atoms with Crippen LogP contribution in [-0.4, -0.2) is 23.1 Å². The molecule has 26 heavy (non-hydrogen) atoms. The maximum Gasteiger partial charge on any atom is 0.193 e. The summed E-state index contributed by atoms with van der Waals surface area (Å²) in [5.74, 6) is 0.458. The Morgan fingerprint density at radius 1 is 1.27 bits per heavy atom. The molecule has 0 spiro atoms. The summed E-state index contributed by atoms with van der Waals surface area (Å²) >= 11 is 0. The van der Waals surface area contributed by atoms with Gasteiger partial charge in [-0.2, -0.15) is 0 Å². The van der Waals surface area contributed by atoms with Crippen molar-refractivity contribution < 1.29 is 19.4 Å². The van der Waals surface area contributed by atoms with Gasteiger partial charge in [0.2, 0.25) is 0 Å². The number of hydrogen-bond acceptors (Lipinski definition) is 4. The molecular weight excluding hydrogens is 328 g/mol. The third-order valence-corrected chi connectivity index (χ3v) is 4.05. The standard InChI is InChI=1S/C22H22O4/c1-4-25-19-14-18(24)16-12-13-22(2,3)26-21(16)20(19)17(23)11-10-15-8-6-5-7-9-15/h5-14,24H,4H2,1-3H3/b11-10+. The summed E-state index contributed by atoms with van der Waals surface area (Å²) in [4.78, 5) is 13.0. The van der Waals surface area contributed by atoms with Crippen LogP contribution in [0, 0.1) is 0 Å². The van der Waals surface area contributed by atoms with Crippen LogP contribution in [0.3, 0.4) is 0 Å². The van der Waals surface area contributed by atoms with Crippen LogP contribution in [0.2, 0.25) is 0 Å². The average Bonchev–Trinajstić information content (AvgIpc) is 2.60. The van der Waals surface area contributed by atoms with Crippen molar-refractivity contribution in [2.75, 3.05) is 6.61 Å². The summed E-state index contributed by atoms with van der Waals surface area (Å²) in [6.07, 6.45) is 6.88. The van der Waals surface area contributed by atoms with E-state index in [1.807, 2.05) is 57.2 Å². The molecule has 0 radical (unpaired) electrons. The number of hydrogen-bond donors (Lipinski definition) is 1. The van der Waals surface area contributed by atoms with Crippen LogP contribution >= 0.6 is 0 Å². The summed E-state index contributed by atoms with van der Waals surface area (Å²) in [5.41, 5.74) is 1.16. The van der Waals surface area contributed by atoms with Crippen LogP contribution in [0.4, 0.5) is 0 Å². The van der Waals surface area contributed by atoms with Gasteiger partial charge in [-0.15, -0.1) is 0 Å². The van der Waals surface area contributed by atoms with Crippen molar-refractivity contribution >= 4 is 17.9 Å². The molecule has 2 aromatic carbocycles. The second-order valence-electron chi connectivity index (χ2n) is 6.59. The summed E-state index contributed by atoms with van der Waals surface area (Å²) in [6, 6.07) is 11.1. The van der Waals surface area contributed by atoms with E-state index in [9.17, 15) is 9.90 Å². The van der Waals surface area contributed by atoms with Gasteiger partial charge in [-0.05, 0) is 44.6 Å². The number of ether oxygens (including phenoxy) is 2. The molecular formula is C22H22O4. The molecule has 134 valence electrons. The van der Waals surface area contributed by atoms with Crippen molar-refractivity contribution in [3.05, 3.63) is 65.2 Å². The monoisotopic (exact) mass is 350 g/mol. The first-order chi connectivity index (χ1) is 12.4. The third-order valence-electron chi connectivity index (χ3n) is 4.05. The number of aromatic hydroxyl groups is 1.